The summed E-state index contributed by atoms with van der Waals surface area (Å²) in [6.07, 6.45) is -0.516. The van der Waals surface area contributed by atoms with E-state index in [9.17, 15) is 14.7 Å². The van der Waals surface area contributed by atoms with E-state index >= 15 is 0 Å². The van der Waals surface area contributed by atoms with Gasteiger partial charge in [-0.05, 0) is 12.5 Å². The number of hydrogen-bond acceptors (Lipinski definition) is 5. The molecule has 16 heavy (non-hydrogen) atoms. The molecule has 0 aromatic carbocycles. The first-order valence-electron chi connectivity index (χ1n) is 4.46. The van der Waals surface area contributed by atoms with E-state index < -0.39 is 12.1 Å². The number of amides is 1. The number of carboxylic acids is 1. The zero-order chi connectivity index (χ0) is 11.2. The maximum atomic E-state index is 11.5. The van der Waals surface area contributed by atoms with Crippen LogP contribution in [0.3, 0.4) is 0 Å². The van der Waals surface area contributed by atoms with Crippen molar-refractivity contribution >= 4 is 23.6 Å². The molecule has 2 aliphatic heterocycles. The minimum absolute atomic E-state index is 0. The van der Waals surface area contributed by atoms with Crippen LogP contribution in [-0.4, -0.2) is 41.1 Å². The van der Waals surface area contributed by atoms with E-state index in [0.29, 0.717) is 11.3 Å². The van der Waals surface area contributed by atoms with Crippen LogP contribution < -0.4 is 34.7 Å². The quantitative estimate of drug-likeness (QED) is 0.369. The first-order valence-corrected chi connectivity index (χ1v) is 5.51. The number of methoxy groups -OCH3 is 1. The van der Waals surface area contributed by atoms with Crippen molar-refractivity contribution in [1.82, 2.24) is 4.90 Å². The number of carboxylic acid groups (broad SMARTS) is 1. The molecule has 0 aromatic heterocycles. The number of ether oxygens (including phenoxy) is 1. The van der Waals surface area contributed by atoms with E-state index in [1.54, 1.807) is 6.92 Å². The van der Waals surface area contributed by atoms with E-state index in [-0.39, 0.29) is 46.5 Å². The number of fused-ring (bicyclic) bond motifs is 1. The molecule has 0 N–H and O–H groups in total. The number of aliphatic carboxylic acids is 1. The monoisotopic (exact) mass is 251 g/mol. The standard InChI is InChI=1S/C9H11NO4S.Na/c1-4-3-15-8-6(14-2)7(11)10(8)5(4)9(12)13;/h6,8H,3H2,1-2H3,(H,12,13);/q;+1/p-1/t6-,8+;/m0./s1. The van der Waals surface area contributed by atoms with E-state index in [1.807, 2.05) is 0 Å². The molecule has 1 amide bonds. The molecule has 2 heterocycles. The molecule has 2 rings (SSSR count). The second-order valence-corrected chi connectivity index (χ2v) is 4.59. The van der Waals surface area contributed by atoms with E-state index in [1.165, 1.54) is 23.8 Å². The Hall–Kier alpha value is -0.01000. The molecule has 7 heteroatoms. The molecule has 0 saturated carbocycles. The van der Waals surface area contributed by atoms with E-state index in [0.717, 1.165) is 0 Å². The van der Waals surface area contributed by atoms with Gasteiger partial charge in [0.2, 0.25) is 0 Å². The molecule has 1 fully saturated rings. The number of nitrogens with zero attached hydrogens (tertiary/aromatic N) is 1. The Kier molecular flexibility index (Phi) is 4.48. The van der Waals surface area contributed by atoms with Gasteiger partial charge in [0, 0.05) is 12.9 Å². The molecule has 1 saturated heterocycles. The third kappa shape index (κ3) is 1.93. The van der Waals surface area contributed by atoms with Crippen molar-refractivity contribution in [3.63, 3.8) is 0 Å². The smallest absolute Gasteiger partial charge is 0.543 e. The Bertz CT molecular complexity index is 371. The van der Waals surface area contributed by atoms with Gasteiger partial charge in [-0.1, -0.05) is 0 Å². The predicted octanol–water partition coefficient (Wildman–Crippen LogP) is -4.06. The van der Waals surface area contributed by atoms with Gasteiger partial charge in [0.05, 0.1) is 11.7 Å². The largest absolute Gasteiger partial charge is 1.00 e. The fourth-order valence-corrected chi connectivity index (χ4v) is 3.13. The van der Waals surface area contributed by atoms with E-state index in [2.05, 4.69) is 0 Å². The number of thioether (sulfide) groups is 1. The zero-order valence-corrected chi connectivity index (χ0v) is 12.2. The Morgan fingerprint density at radius 3 is 2.75 bits per heavy atom. The van der Waals surface area contributed by atoms with Gasteiger partial charge in [-0.25, -0.2) is 0 Å². The summed E-state index contributed by atoms with van der Waals surface area (Å²) in [5.41, 5.74) is 0.677. The van der Waals surface area contributed by atoms with Crippen molar-refractivity contribution < 1.29 is 49.0 Å². The average molecular weight is 251 g/mol. The van der Waals surface area contributed by atoms with Crippen molar-refractivity contribution in [3.05, 3.63) is 11.3 Å². The van der Waals surface area contributed by atoms with Gasteiger partial charge in [0.25, 0.3) is 5.91 Å². The maximum absolute atomic E-state index is 11.5. The Morgan fingerprint density at radius 2 is 2.25 bits per heavy atom. The Labute approximate surface area is 119 Å². The number of hydrogen-bond donors (Lipinski definition) is 0. The van der Waals surface area contributed by atoms with Crippen LogP contribution in [0.5, 0.6) is 0 Å². The van der Waals surface area contributed by atoms with Gasteiger partial charge in [0.1, 0.15) is 5.37 Å². The predicted molar refractivity (Wildman–Crippen MR) is 51.6 cm³/mol. The van der Waals surface area contributed by atoms with Crippen LogP contribution in [0.1, 0.15) is 6.92 Å². The number of carbonyl (C=O) groups excluding carboxylic acids is 2. The topological polar surface area (TPSA) is 69.7 Å². The third-order valence-corrected chi connectivity index (χ3v) is 3.96. The second-order valence-electron chi connectivity index (χ2n) is 3.48. The molecule has 0 aliphatic carbocycles. The molecule has 0 aromatic rings. The fraction of sp³-hybridized carbons (Fsp3) is 0.556. The minimum atomic E-state index is -1.29. The zero-order valence-electron chi connectivity index (χ0n) is 9.35. The van der Waals surface area contributed by atoms with Gasteiger partial charge >= 0.3 is 29.6 Å². The maximum Gasteiger partial charge on any atom is 1.00 e. The van der Waals surface area contributed by atoms with Crippen molar-refractivity contribution in [3.8, 4) is 0 Å². The van der Waals surface area contributed by atoms with Gasteiger partial charge in [-0.15, -0.1) is 11.8 Å². The molecular formula is C9H10NNaO4S. The van der Waals surface area contributed by atoms with E-state index in [4.69, 9.17) is 4.74 Å². The first-order chi connectivity index (χ1) is 7.07. The molecule has 2 atom stereocenters. The summed E-state index contributed by atoms with van der Waals surface area (Å²) in [7, 11) is 1.45. The van der Waals surface area contributed by atoms with Gasteiger partial charge in [-0.3, -0.25) is 9.69 Å². The molecule has 2 aliphatic rings. The first kappa shape index (κ1) is 14.1. The van der Waals surface area contributed by atoms with Crippen molar-refractivity contribution in [1.29, 1.82) is 0 Å². The number of β-lactam (4-membered cyclic amide) rings is 1. The molecule has 82 valence electrons. The molecule has 0 radical (unpaired) electrons. The van der Waals surface area contributed by atoms with Gasteiger partial charge < -0.3 is 14.6 Å². The van der Waals surface area contributed by atoms with Crippen molar-refractivity contribution in [2.75, 3.05) is 12.9 Å². The molecule has 0 bridgehead atoms. The molecule has 0 unspecified atom stereocenters. The van der Waals surface area contributed by atoms with Crippen LogP contribution >= 0.6 is 11.8 Å². The van der Waals surface area contributed by atoms with Crippen LogP contribution in [0.25, 0.3) is 0 Å². The third-order valence-electron chi connectivity index (χ3n) is 2.56. The van der Waals surface area contributed by atoms with Crippen LogP contribution in [0.4, 0.5) is 0 Å². The van der Waals surface area contributed by atoms with Crippen LogP contribution in [-0.2, 0) is 14.3 Å². The summed E-state index contributed by atoms with van der Waals surface area (Å²) in [5.74, 6) is -0.994. The normalized spacial score (nSPS) is 28.1. The molecular weight excluding hydrogens is 241 g/mol. The Morgan fingerprint density at radius 1 is 1.62 bits per heavy atom. The molecule has 0 spiro atoms. The molecule has 5 nitrogen and oxygen atoms in total. The summed E-state index contributed by atoms with van der Waals surface area (Å²) < 4.78 is 4.98. The summed E-state index contributed by atoms with van der Waals surface area (Å²) >= 11 is 1.51. The number of rotatable bonds is 2. The average Bonchev–Trinajstić information content (AvgIpc) is 2.18. The van der Waals surface area contributed by atoms with Crippen LogP contribution in [0.2, 0.25) is 0 Å². The van der Waals surface area contributed by atoms with Crippen LogP contribution in [0.15, 0.2) is 11.3 Å². The summed E-state index contributed by atoms with van der Waals surface area (Å²) in [6.45, 7) is 1.70. The van der Waals surface area contributed by atoms with Gasteiger partial charge in [-0.2, -0.15) is 0 Å². The summed E-state index contributed by atoms with van der Waals surface area (Å²) in [5, 5.41) is 10.7. The summed E-state index contributed by atoms with van der Waals surface area (Å²) in [6, 6.07) is 0. The Balaban J connectivity index is 0.00000128. The summed E-state index contributed by atoms with van der Waals surface area (Å²) in [4.78, 5) is 23.7. The van der Waals surface area contributed by atoms with Crippen LogP contribution in [0, 0.1) is 0 Å². The van der Waals surface area contributed by atoms with Crippen molar-refractivity contribution in [2.24, 2.45) is 0 Å². The van der Waals surface area contributed by atoms with Crippen molar-refractivity contribution in [2.45, 2.75) is 18.4 Å². The fourth-order valence-electron chi connectivity index (χ4n) is 1.81. The second kappa shape index (κ2) is 5.10. The van der Waals surface area contributed by atoms with Gasteiger partial charge in [0.15, 0.2) is 6.10 Å². The number of carbonyl (C=O) groups is 2. The SMILES string of the molecule is CO[C@H]1C(=O)N2C(C(=O)[O-])=C(C)CS[C@H]12.[Na+]. The minimum Gasteiger partial charge on any atom is -0.543 e.